The summed E-state index contributed by atoms with van der Waals surface area (Å²) in [4.78, 5) is 2.51. The van der Waals surface area contributed by atoms with Crippen molar-refractivity contribution in [1.29, 1.82) is 0 Å². The third kappa shape index (κ3) is 3.03. The number of aromatic nitrogens is 3. The molecule has 6 rings (SSSR count). The van der Waals surface area contributed by atoms with E-state index < -0.39 is 0 Å². The molecule has 32 heavy (non-hydrogen) atoms. The summed E-state index contributed by atoms with van der Waals surface area (Å²) in [5.74, 6) is 3.24. The number of furan rings is 1. The van der Waals surface area contributed by atoms with Crippen LogP contribution in [0.5, 0.6) is 11.5 Å². The summed E-state index contributed by atoms with van der Waals surface area (Å²) in [6, 6.07) is 8.50. The minimum absolute atomic E-state index is 0.151. The van der Waals surface area contributed by atoms with Crippen molar-refractivity contribution in [2.24, 2.45) is 7.05 Å². The van der Waals surface area contributed by atoms with Gasteiger partial charge in [-0.2, -0.15) is 0 Å². The van der Waals surface area contributed by atoms with E-state index in [1.807, 2.05) is 28.4 Å². The number of fused-ring (bicyclic) bond motifs is 3. The van der Waals surface area contributed by atoms with Crippen LogP contribution in [-0.2, 0) is 19.1 Å². The second kappa shape index (κ2) is 7.49. The topological polar surface area (TPSA) is 57.6 Å². The van der Waals surface area contributed by atoms with E-state index >= 15 is 0 Å². The first-order chi connectivity index (χ1) is 15.6. The van der Waals surface area contributed by atoms with Gasteiger partial charge in [0, 0.05) is 25.0 Å². The standard InChI is InChI=1S/C24H28N4O3S/c1-16-17-12-20-21(31-11-10-30-20)13-18(17)24(7-3-4-8-24)14-27(16)15-28-23(32)26(2)22(25-28)19-6-5-9-29-19/h5-6,9,12-13,16H,3-4,7-8,10-11,14-15H2,1-2H3. The smallest absolute Gasteiger partial charge is 0.199 e. The maximum Gasteiger partial charge on any atom is 0.199 e. The highest BCUT2D eigenvalue weighted by Crippen LogP contribution is 2.52. The van der Waals surface area contributed by atoms with E-state index in [2.05, 4.69) is 24.0 Å². The van der Waals surface area contributed by atoms with Gasteiger partial charge in [-0.15, -0.1) is 5.10 Å². The summed E-state index contributed by atoms with van der Waals surface area (Å²) >= 11 is 5.74. The van der Waals surface area contributed by atoms with Crippen LogP contribution < -0.4 is 9.47 Å². The molecule has 1 aliphatic carbocycles. The number of nitrogens with zero attached hydrogens (tertiary/aromatic N) is 4. The van der Waals surface area contributed by atoms with Crippen LogP contribution in [0, 0.1) is 4.77 Å². The molecule has 1 fully saturated rings. The molecule has 2 aromatic heterocycles. The molecule has 0 N–H and O–H groups in total. The molecular weight excluding hydrogens is 424 g/mol. The minimum Gasteiger partial charge on any atom is -0.486 e. The highest BCUT2D eigenvalue weighted by molar-refractivity contribution is 7.71. The molecule has 1 aromatic carbocycles. The zero-order valence-electron chi connectivity index (χ0n) is 18.5. The molecule has 2 aliphatic heterocycles. The van der Waals surface area contributed by atoms with E-state index in [4.69, 9.17) is 31.2 Å². The molecular formula is C24H28N4O3S. The molecule has 0 bridgehead atoms. The van der Waals surface area contributed by atoms with Crippen molar-refractivity contribution in [1.82, 2.24) is 19.2 Å². The summed E-state index contributed by atoms with van der Waals surface area (Å²) in [7, 11) is 1.95. The van der Waals surface area contributed by atoms with Gasteiger partial charge in [-0.1, -0.05) is 12.8 Å². The Labute approximate surface area is 192 Å². The highest BCUT2D eigenvalue weighted by Gasteiger charge is 2.45. The lowest BCUT2D eigenvalue weighted by molar-refractivity contribution is 0.0930. The van der Waals surface area contributed by atoms with Gasteiger partial charge < -0.3 is 18.5 Å². The van der Waals surface area contributed by atoms with Gasteiger partial charge in [-0.3, -0.25) is 4.90 Å². The third-order valence-electron chi connectivity index (χ3n) is 7.45. The Morgan fingerprint density at radius 1 is 1.16 bits per heavy atom. The predicted molar refractivity (Wildman–Crippen MR) is 122 cm³/mol. The number of ether oxygens (including phenoxy) is 2. The number of hydrogen-bond acceptors (Lipinski definition) is 6. The summed E-state index contributed by atoms with van der Waals surface area (Å²) in [6.45, 7) is 5.14. The van der Waals surface area contributed by atoms with Crippen LogP contribution in [0.25, 0.3) is 11.6 Å². The number of benzene rings is 1. The second-order valence-electron chi connectivity index (χ2n) is 9.28. The fourth-order valence-electron chi connectivity index (χ4n) is 5.74. The zero-order valence-corrected chi connectivity index (χ0v) is 19.4. The average molecular weight is 453 g/mol. The molecule has 1 unspecified atom stereocenters. The Morgan fingerprint density at radius 2 is 1.91 bits per heavy atom. The Kier molecular flexibility index (Phi) is 4.69. The molecule has 1 atom stereocenters. The van der Waals surface area contributed by atoms with Gasteiger partial charge in [0.1, 0.15) is 13.2 Å². The Balaban J connectivity index is 1.39. The van der Waals surface area contributed by atoms with Crippen LogP contribution in [0.2, 0.25) is 0 Å². The molecule has 3 aliphatic rings. The molecule has 4 heterocycles. The minimum atomic E-state index is 0.151. The third-order valence-corrected chi connectivity index (χ3v) is 7.93. The molecule has 0 amide bonds. The van der Waals surface area contributed by atoms with Gasteiger partial charge in [-0.25, -0.2) is 4.68 Å². The number of hydrogen-bond donors (Lipinski definition) is 0. The van der Waals surface area contributed by atoms with Gasteiger partial charge in [0.15, 0.2) is 27.9 Å². The predicted octanol–water partition coefficient (Wildman–Crippen LogP) is 4.83. The van der Waals surface area contributed by atoms with Crippen molar-refractivity contribution in [3.8, 4) is 23.1 Å². The van der Waals surface area contributed by atoms with Crippen molar-refractivity contribution < 1.29 is 13.9 Å². The molecule has 8 heteroatoms. The van der Waals surface area contributed by atoms with Crippen molar-refractivity contribution in [2.75, 3.05) is 19.8 Å². The van der Waals surface area contributed by atoms with Crippen LogP contribution in [0.1, 0.15) is 49.8 Å². The summed E-state index contributed by atoms with van der Waals surface area (Å²) in [5.41, 5.74) is 2.94. The van der Waals surface area contributed by atoms with Gasteiger partial charge in [0.25, 0.3) is 0 Å². The average Bonchev–Trinajstić information content (AvgIpc) is 3.55. The molecule has 1 saturated carbocycles. The van der Waals surface area contributed by atoms with E-state index in [1.54, 1.807) is 6.26 Å². The first-order valence-electron chi connectivity index (χ1n) is 11.4. The van der Waals surface area contributed by atoms with Crippen LogP contribution in [-0.4, -0.2) is 39.0 Å². The zero-order chi connectivity index (χ0) is 21.9. The van der Waals surface area contributed by atoms with Gasteiger partial charge >= 0.3 is 0 Å². The van der Waals surface area contributed by atoms with Crippen LogP contribution in [0.4, 0.5) is 0 Å². The molecule has 7 nitrogen and oxygen atoms in total. The number of rotatable bonds is 3. The van der Waals surface area contributed by atoms with E-state index in [9.17, 15) is 0 Å². The van der Waals surface area contributed by atoms with Gasteiger partial charge in [0.05, 0.1) is 12.9 Å². The van der Waals surface area contributed by atoms with Crippen LogP contribution in [0.3, 0.4) is 0 Å². The maximum atomic E-state index is 5.94. The van der Waals surface area contributed by atoms with Crippen LogP contribution in [0.15, 0.2) is 34.9 Å². The largest absolute Gasteiger partial charge is 0.486 e. The van der Waals surface area contributed by atoms with Crippen LogP contribution >= 0.6 is 12.2 Å². The maximum absolute atomic E-state index is 5.94. The lowest BCUT2D eigenvalue weighted by atomic mass is 9.71. The molecule has 0 radical (unpaired) electrons. The van der Waals surface area contributed by atoms with E-state index in [-0.39, 0.29) is 11.5 Å². The first kappa shape index (κ1) is 20.1. The lowest BCUT2D eigenvalue weighted by Gasteiger charge is -2.46. The fraction of sp³-hybridized carbons (Fsp3) is 0.500. The molecule has 0 saturated heterocycles. The quantitative estimate of drug-likeness (QED) is 0.531. The molecule has 168 valence electrons. The van der Waals surface area contributed by atoms with Crippen molar-refractivity contribution in [3.05, 3.63) is 46.4 Å². The van der Waals surface area contributed by atoms with Crippen molar-refractivity contribution in [2.45, 2.75) is 50.7 Å². The van der Waals surface area contributed by atoms with Crippen molar-refractivity contribution >= 4 is 12.2 Å². The van der Waals surface area contributed by atoms with Gasteiger partial charge in [-0.05, 0) is 67.4 Å². The Morgan fingerprint density at radius 3 is 2.62 bits per heavy atom. The summed E-state index contributed by atoms with van der Waals surface area (Å²) < 4.78 is 22.0. The highest BCUT2D eigenvalue weighted by atomic mass is 32.1. The van der Waals surface area contributed by atoms with Crippen molar-refractivity contribution in [3.63, 3.8) is 0 Å². The van der Waals surface area contributed by atoms with E-state index in [0.29, 0.717) is 24.7 Å². The molecule has 3 aromatic rings. The van der Waals surface area contributed by atoms with E-state index in [1.165, 1.54) is 36.8 Å². The Hall–Kier alpha value is -2.58. The second-order valence-corrected chi connectivity index (χ2v) is 9.64. The monoisotopic (exact) mass is 452 g/mol. The lowest BCUT2D eigenvalue weighted by Crippen LogP contribution is -2.46. The first-order valence-corrected chi connectivity index (χ1v) is 11.8. The summed E-state index contributed by atoms with van der Waals surface area (Å²) in [6.07, 6.45) is 6.60. The normalized spacial score (nSPS) is 21.8. The summed E-state index contributed by atoms with van der Waals surface area (Å²) in [5, 5.41) is 4.82. The Bertz CT molecular complexity index is 1210. The van der Waals surface area contributed by atoms with E-state index in [0.717, 1.165) is 29.6 Å². The SMILES string of the molecule is CC1c2cc3c(cc2C2(CCCC2)CN1Cn1nc(-c2ccco2)n(C)c1=S)OCCO3. The fourth-order valence-corrected chi connectivity index (χ4v) is 5.93. The van der Waals surface area contributed by atoms with Gasteiger partial charge in [0.2, 0.25) is 0 Å². The molecule has 1 spiro atoms.